The van der Waals surface area contributed by atoms with Crippen molar-refractivity contribution in [1.29, 1.82) is 0 Å². The van der Waals surface area contributed by atoms with E-state index in [-0.39, 0.29) is 11.8 Å². The van der Waals surface area contributed by atoms with Crippen LogP contribution >= 0.6 is 11.8 Å². The number of hydrogen-bond acceptors (Lipinski definition) is 6. The molecule has 7 nitrogen and oxygen atoms in total. The predicted octanol–water partition coefficient (Wildman–Crippen LogP) is 4.09. The van der Waals surface area contributed by atoms with E-state index in [1.54, 1.807) is 14.2 Å². The van der Waals surface area contributed by atoms with E-state index in [0.717, 1.165) is 68.0 Å². The van der Waals surface area contributed by atoms with Gasteiger partial charge in [-0.15, -0.1) is 11.8 Å². The normalized spacial score (nSPS) is 13.4. The molecular formula is C27H37N3O4S. The Kier molecular flexibility index (Phi) is 10.3. The molecule has 0 bridgehead atoms. The second kappa shape index (κ2) is 13.4. The Morgan fingerprint density at radius 1 is 1.06 bits per heavy atom. The second-order valence-electron chi connectivity index (χ2n) is 8.85. The highest BCUT2D eigenvalue weighted by Gasteiger charge is 2.22. The molecule has 1 N–H and O–H groups in total. The fourth-order valence-electron chi connectivity index (χ4n) is 4.26. The van der Waals surface area contributed by atoms with E-state index in [4.69, 9.17) is 9.47 Å². The molecular weight excluding hydrogens is 462 g/mol. The Morgan fingerprint density at radius 2 is 1.71 bits per heavy atom. The fraction of sp³-hybridized carbons (Fsp3) is 0.481. The minimum absolute atomic E-state index is 0.0555. The summed E-state index contributed by atoms with van der Waals surface area (Å²) in [6, 6.07) is 11.9. The second-order valence-corrected chi connectivity index (χ2v) is 10.0. The van der Waals surface area contributed by atoms with Crippen molar-refractivity contribution in [3.05, 3.63) is 47.5 Å². The summed E-state index contributed by atoms with van der Waals surface area (Å²) in [6.07, 6.45) is 3.30. The van der Waals surface area contributed by atoms with Gasteiger partial charge >= 0.3 is 0 Å². The Balaban J connectivity index is 1.36. The largest absolute Gasteiger partial charge is 0.493 e. The molecule has 0 fully saturated rings. The third-order valence-corrected chi connectivity index (χ3v) is 7.24. The van der Waals surface area contributed by atoms with Crippen molar-refractivity contribution in [2.75, 3.05) is 58.5 Å². The molecule has 2 aromatic rings. The number of carbonyl (C=O) groups excluding carboxylic acids is 2. The first kappa shape index (κ1) is 26.9. The molecule has 0 aliphatic carbocycles. The Morgan fingerprint density at radius 3 is 2.37 bits per heavy atom. The number of thioether (sulfide) groups is 1. The van der Waals surface area contributed by atoms with E-state index < -0.39 is 0 Å². The number of rotatable bonds is 12. The van der Waals surface area contributed by atoms with Gasteiger partial charge in [-0.2, -0.15) is 0 Å². The van der Waals surface area contributed by atoms with Gasteiger partial charge in [-0.1, -0.05) is 0 Å². The van der Waals surface area contributed by atoms with Gasteiger partial charge in [0.05, 0.1) is 20.6 Å². The van der Waals surface area contributed by atoms with Gasteiger partial charge in [0.2, 0.25) is 11.8 Å². The van der Waals surface area contributed by atoms with Gasteiger partial charge in [-0.3, -0.25) is 9.59 Å². The minimum Gasteiger partial charge on any atom is -0.493 e. The molecule has 0 radical (unpaired) electrons. The smallest absolute Gasteiger partial charge is 0.227 e. The summed E-state index contributed by atoms with van der Waals surface area (Å²) in [5.74, 6) is 2.56. The summed E-state index contributed by atoms with van der Waals surface area (Å²) in [6.45, 7) is 5.02. The van der Waals surface area contributed by atoms with Crippen molar-refractivity contribution in [2.45, 2.75) is 37.5 Å². The topological polar surface area (TPSA) is 71.1 Å². The van der Waals surface area contributed by atoms with Crippen molar-refractivity contribution in [2.24, 2.45) is 0 Å². The van der Waals surface area contributed by atoms with Crippen LogP contribution in [0, 0.1) is 0 Å². The number of ether oxygens (including phenoxy) is 2. The molecule has 35 heavy (non-hydrogen) atoms. The minimum atomic E-state index is -0.0555. The van der Waals surface area contributed by atoms with Crippen LogP contribution in [0.25, 0.3) is 0 Å². The molecule has 8 heteroatoms. The van der Waals surface area contributed by atoms with Crippen molar-refractivity contribution in [3.8, 4) is 11.5 Å². The Labute approximate surface area is 213 Å². The first-order valence-corrected chi connectivity index (χ1v) is 13.1. The van der Waals surface area contributed by atoms with Crippen LogP contribution in [0.2, 0.25) is 0 Å². The number of benzene rings is 2. The van der Waals surface area contributed by atoms with Crippen molar-refractivity contribution in [1.82, 2.24) is 9.80 Å². The van der Waals surface area contributed by atoms with Crippen LogP contribution in [0.5, 0.6) is 11.5 Å². The van der Waals surface area contributed by atoms with E-state index in [9.17, 15) is 9.59 Å². The summed E-state index contributed by atoms with van der Waals surface area (Å²) >= 11 is 1.83. The lowest BCUT2D eigenvalue weighted by Gasteiger charge is -2.22. The summed E-state index contributed by atoms with van der Waals surface area (Å²) in [5.41, 5.74) is 3.03. The van der Waals surface area contributed by atoms with Crippen LogP contribution in [0.4, 0.5) is 5.69 Å². The highest BCUT2D eigenvalue weighted by atomic mass is 32.2. The molecule has 2 amide bonds. The number of carbonyl (C=O) groups is 2. The maximum Gasteiger partial charge on any atom is 0.227 e. The van der Waals surface area contributed by atoms with Gasteiger partial charge in [0.1, 0.15) is 0 Å². The van der Waals surface area contributed by atoms with Gasteiger partial charge in [-0.25, -0.2) is 0 Å². The zero-order chi connectivity index (χ0) is 25.2. The molecule has 1 aliphatic rings. The van der Waals surface area contributed by atoms with Crippen LogP contribution < -0.4 is 14.8 Å². The number of anilines is 1. The summed E-state index contributed by atoms with van der Waals surface area (Å²) in [5, 5.41) is 2.79. The lowest BCUT2D eigenvalue weighted by atomic mass is 10.0. The van der Waals surface area contributed by atoms with Gasteiger partial charge in [-0.05, 0) is 92.7 Å². The highest BCUT2D eigenvalue weighted by molar-refractivity contribution is 7.99. The maximum absolute atomic E-state index is 12.8. The summed E-state index contributed by atoms with van der Waals surface area (Å²) in [7, 11) is 5.41. The van der Waals surface area contributed by atoms with Crippen LogP contribution in [0.15, 0.2) is 41.3 Å². The molecule has 0 unspecified atom stereocenters. The molecule has 190 valence electrons. The predicted molar refractivity (Wildman–Crippen MR) is 142 cm³/mol. The van der Waals surface area contributed by atoms with E-state index in [1.165, 1.54) is 11.8 Å². The fourth-order valence-corrected chi connectivity index (χ4v) is 5.10. The van der Waals surface area contributed by atoms with E-state index in [2.05, 4.69) is 17.3 Å². The number of fused-ring (bicyclic) bond motifs is 1. The van der Waals surface area contributed by atoms with Crippen LogP contribution in [0.1, 0.15) is 30.9 Å². The molecule has 0 spiro atoms. The Hall–Kier alpha value is -2.71. The van der Waals surface area contributed by atoms with Gasteiger partial charge in [0.25, 0.3) is 0 Å². The standard InChI is InChI=1S/C27H37N3O4S/c1-20(31)28-23-7-9-24(10-8-23)35-16-6-13-29(2)12-5-14-30-15-11-21-17-25(33-3)26(34-4)18-22(21)19-27(30)32/h7-10,17-18H,5-6,11-16,19H2,1-4H3,(H,28,31). The van der Waals surface area contributed by atoms with E-state index >= 15 is 0 Å². The zero-order valence-corrected chi connectivity index (χ0v) is 22.1. The van der Waals surface area contributed by atoms with Crippen molar-refractivity contribution >= 4 is 29.3 Å². The molecule has 1 heterocycles. The van der Waals surface area contributed by atoms with Crippen LogP contribution in [0.3, 0.4) is 0 Å². The van der Waals surface area contributed by atoms with Crippen molar-refractivity contribution < 1.29 is 19.1 Å². The quantitative estimate of drug-likeness (QED) is 0.350. The first-order valence-electron chi connectivity index (χ1n) is 12.1. The summed E-state index contributed by atoms with van der Waals surface area (Å²) in [4.78, 5) is 29.5. The molecule has 0 saturated carbocycles. The third kappa shape index (κ3) is 8.18. The molecule has 0 atom stereocenters. The van der Waals surface area contributed by atoms with Gasteiger partial charge in [0.15, 0.2) is 11.5 Å². The lowest BCUT2D eigenvalue weighted by Crippen LogP contribution is -2.35. The van der Waals surface area contributed by atoms with Crippen LogP contribution in [-0.4, -0.2) is 74.8 Å². The van der Waals surface area contributed by atoms with Gasteiger partial charge in [0, 0.05) is 30.6 Å². The van der Waals surface area contributed by atoms with E-state index in [1.807, 2.05) is 53.1 Å². The summed E-state index contributed by atoms with van der Waals surface area (Å²) < 4.78 is 10.8. The SMILES string of the molecule is COc1cc2c(cc1OC)CC(=O)N(CCCN(C)CCCSc1ccc(NC(C)=O)cc1)CC2. The third-order valence-electron chi connectivity index (χ3n) is 6.15. The molecule has 3 rings (SSSR count). The van der Waals surface area contributed by atoms with Crippen molar-refractivity contribution in [3.63, 3.8) is 0 Å². The van der Waals surface area contributed by atoms with Crippen LogP contribution in [-0.2, 0) is 22.4 Å². The number of nitrogens with one attached hydrogen (secondary N) is 1. The molecule has 0 aromatic heterocycles. The number of hydrogen-bond donors (Lipinski definition) is 1. The maximum atomic E-state index is 12.8. The Bertz CT molecular complexity index is 997. The zero-order valence-electron chi connectivity index (χ0n) is 21.3. The highest BCUT2D eigenvalue weighted by Crippen LogP contribution is 2.32. The number of methoxy groups -OCH3 is 2. The number of amides is 2. The lowest BCUT2D eigenvalue weighted by molar-refractivity contribution is -0.130. The molecule has 2 aromatic carbocycles. The monoisotopic (exact) mass is 499 g/mol. The average Bonchev–Trinajstić information content (AvgIpc) is 2.99. The molecule has 0 saturated heterocycles. The van der Waals surface area contributed by atoms with Gasteiger partial charge < -0.3 is 24.6 Å². The average molecular weight is 500 g/mol. The van der Waals surface area contributed by atoms with E-state index in [0.29, 0.717) is 17.9 Å². The number of nitrogens with zero attached hydrogens (tertiary/aromatic N) is 2. The molecule has 1 aliphatic heterocycles. The first-order chi connectivity index (χ1) is 16.9.